The first-order valence-corrected chi connectivity index (χ1v) is 9.36. The van der Waals surface area contributed by atoms with Gasteiger partial charge in [-0.1, -0.05) is 23.7 Å². The van der Waals surface area contributed by atoms with Gasteiger partial charge in [0, 0.05) is 24.7 Å². The molecule has 0 bridgehead atoms. The van der Waals surface area contributed by atoms with E-state index in [2.05, 4.69) is 22.3 Å². The second kappa shape index (κ2) is 8.90. The topological polar surface area (TPSA) is 65.4 Å². The van der Waals surface area contributed by atoms with Crippen LogP contribution in [0.25, 0.3) is 0 Å². The van der Waals surface area contributed by atoms with Crippen molar-refractivity contribution in [2.45, 2.75) is 25.3 Å². The van der Waals surface area contributed by atoms with Gasteiger partial charge in [-0.3, -0.25) is 9.69 Å². The Hall–Kier alpha value is -2.55. The van der Waals surface area contributed by atoms with E-state index >= 15 is 0 Å². The molecule has 3 rings (SSSR count). The van der Waals surface area contributed by atoms with Crippen LogP contribution < -0.4 is 10.1 Å². The highest BCUT2D eigenvalue weighted by molar-refractivity contribution is 6.32. The lowest BCUT2D eigenvalue weighted by molar-refractivity contribution is -0.116. The minimum Gasteiger partial charge on any atom is -0.497 e. The van der Waals surface area contributed by atoms with Crippen molar-refractivity contribution in [1.82, 2.24) is 4.90 Å². The third-order valence-corrected chi connectivity index (χ3v) is 5.15. The van der Waals surface area contributed by atoms with Gasteiger partial charge in [-0.15, -0.1) is 0 Å². The lowest BCUT2D eigenvalue weighted by Gasteiger charge is -2.25. The van der Waals surface area contributed by atoms with E-state index in [1.54, 1.807) is 25.3 Å². The number of nitrogens with zero attached hydrogens (tertiary/aromatic N) is 2. The summed E-state index contributed by atoms with van der Waals surface area (Å²) in [5, 5.41) is 12.1. The standard InChI is InChI=1S/C21H22ClN3O2/c1-27-18-5-2-4-15(12-18)20-6-3-10-25(20)11-9-21(26)24-17-8-7-16(14-23)19(22)13-17/h2,4-5,7-8,12-13,20H,3,6,9-11H2,1H3,(H,24,26). The number of anilines is 1. The molecule has 1 amide bonds. The van der Waals surface area contributed by atoms with Crippen LogP contribution in [0.2, 0.25) is 5.02 Å². The summed E-state index contributed by atoms with van der Waals surface area (Å²) in [5.74, 6) is 0.793. The zero-order valence-electron chi connectivity index (χ0n) is 15.2. The molecular formula is C21H22ClN3O2. The van der Waals surface area contributed by atoms with E-state index in [9.17, 15) is 4.79 Å². The van der Waals surface area contributed by atoms with Crippen LogP contribution in [-0.4, -0.2) is 31.0 Å². The summed E-state index contributed by atoms with van der Waals surface area (Å²) < 4.78 is 5.33. The zero-order valence-corrected chi connectivity index (χ0v) is 16.0. The summed E-state index contributed by atoms with van der Waals surface area (Å²) in [4.78, 5) is 14.7. The number of rotatable bonds is 6. The van der Waals surface area contributed by atoms with Crippen LogP contribution in [0.3, 0.4) is 0 Å². The first-order chi connectivity index (χ1) is 13.1. The van der Waals surface area contributed by atoms with Gasteiger partial charge < -0.3 is 10.1 Å². The highest BCUT2D eigenvalue weighted by Gasteiger charge is 2.26. The van der Waals surface area contributed by atoms with Crippen molar-refractivity contribution in [3.63, 3.8) is 0 Å². The van der Waals surface area contributed by atoms with Crippen LogP contribution in [0.4, 0.5) is 5.69 Å². The number of halogens is 1. The lowest BCUT2D eigenvalue weighted by Crippen LogP contribution is -2.27. The molecule has 0 aliphatic carbocycles. The number of hydrogen-bond donors (Lipinski definition) is 1. The van der Waals surface area contributed by atoms with Gasteiger partial charge in [0.25, 0.3) is 0 Å². The van der Waals surface area contributed by atoms with Crippen molar-refractivity contribution in [1.29, 1.82) is 5.26 Å². The Morgan fingerprint density at radius 3 is 2.96 bits per heavy atom. The molecule has 0 radical (unpaired) electrons. The molecule has 2 aromatic carbocycles. The van der Waals surface area contributed by atoms with E-state index in [4.69, 9.17) is 21.6 Å². The van der Waals surface area contributed by atoms with Crippen molar-refractivity contribution in [2.24, 2.45) is 0 Å². The minimum atomic E-state index is -0.0629. The summed E-state index contributed by atoms with van der Waals surface area (Å²) >= 11 is 6.01. The molecule has 1 aliphatic rings. The molecule has 1 N–H and O–H groups in total. The van der Waals surface area contributed by atoms with E-state index in [-0.39, 0.29) is 5.91 Å². The van der Waals surface area contributed by atoms with Crippen LogP contribution in [0.15, 0.2) is 42.5 Å². The second-order valence-corrected chi connectivity index (χ2v) is 6.98. The molecule has 140 valence electrons. The molecule has 1 saturated heterocycles. The fraction of sp³-hybridized carbons (Fsp3) is 0.333. The minimum absolute atomic E-state index is 0.0629. The van der Waals surface area contributed by atoms with Gasteiger partial charge in [0.2, 0.25) is 5.91 Å². The Kier molecular flexibility index (Phi) is 6.33. The van der Waals surface area contributed by atoms with Gasteiger partial charge in [0.05, 0.1) is 17.7 Å². The monoisotopic (exact) mass is 383 g/mol. The Bertz CT molecular complexity index is 863. The molecule has 0 spiro atoms. The molecule has 6 heteroatoms. The largest absolute Gasteiger partial charge is 0.497 e. The number of nitrogens with one attached hydrogen (secondary N) is 1. The Labute approximate surface area is 164 Å². The molecule has 2 aromatic rings. The van der Waals surface area contributed by atoms with Crippen LogP contribution in [0.5, 0.6) is 5.75 Å². The number of likely N-dealkylation sites (tertiary alicyclic amines) is 1. The quantitative estimate of drug-likeness (QED) is 0.803. The zero-order chi connectivity index (χ0) is 19.2. The second-order valence-electron chi connectivity index (χ2n) is 6.58. The molecule has 1 atom stereocenters. The fourth-order valence-electron chi connectivity index (χ4n) is 3.47. The van der Waals surface area contributed by atoms with Gasteiger partial charge in [-0.05, 0) is 55.3 Å². The summed E-state index contributed by atoms with van der Waals surface area (Å²) in [6.45, 7) is 1.68. The Morgan fingerprint density at radius 1 is 1.37 bits per heavy atom. The number of carbonyl (C=O) groups excluding carboxylic acids is 1. The molecule has 1 unspecified atom stereocenters. The summed E-state index contributed by atoms with van der Waals surface area (Å²) in [6, 6.07) is 15.4. The smallest absolute Gasteiger partial charge is 0.225 e. The number of methoxy groups -OCH3 is 1. The summed E-state index contributed by atoms with van der Waals surface area (Å²) in [6.07, 6.45) is 2.60. The predicted octanol–water partition coefficient (Wildman–Crippen LogP) is 4.39. The van der Waals surface area contributed by atoms with Gasteiger partial charge in [0.15, 0.2) is 0 Å². The number of carbonyl (C=O) groups is 1. The molecule has 1 fully saturated rings. The molecular weight excluding hydrogens is 362 g/mol. The Morgan fingerprint density at radius 2 is 2.22 bits per heavy atom. The van der Waals surface area contributed by atoms with E-state index in [1.165, 1.54) is 5.56 Å². The molecule has 5 nitrogen and oxygen atoms in total. The fourth-order valence-corrected chi connectivity index (χ4v) is 3.70. The first-order valence-electron chi connectivity index (χ1n) is 8.98. The lowest BCUT2D eigenvalue weighted by atomic mass is 10.0. The van der Waals surface area contributed by atoms with E-state index < -0.39 is 0 Å². The molecule has 27 heavy (non-hydrogen) atoms. The number of hydrogen-bond acceptors (Lipinski definition) is 4. The van der Waals surface area contributed by atoms with Gasteiger partial charge in [0.1, 0.15) is 11.8 Å². The maximum atomic E-state index is 12.3. The normalized spacial score (nSPS) is 16.7. The molecule has 1 heterocycles. The average molecular weight is 384 g/mol. The number of amides is 1. The van der Waals surface area contributed by atoms with Crippen LogP contribution >= 0.6 is 11.6 Å². The SMILES string of the molecule is COc1cccc(C2CCCN2CCC(=O)Nc2ccc(C#N)c(Cl)c2)c1. The third-order valence-electron chi connectivity index (χ3n) is 4.84. The molecule has 1 aliphatic heterocycles. The van der Waals surface area contributed by atoms with Crippen molar-refractivity contribution >= 4 is 23.2 Å². The van der Waals surface area contributed by atoms with Crippen LogP contribution in [0, 0.1) is 11.3 Å². The maximum Gasteiger partial charge on any atom is 0.225 e. The highest BCUT2D eigenvalue weighted by Crippen LogP contribution is 2.33. The van der Waals surface area contributed by atoms with Crippen molar-refractivity contribution in [2.75, 3.05) is 25.5 Å². The number of nitriles is 1. The Balaban J connectivity index is 1.57. The number of ether oxygens (including phenoxy) is 1. The van der Waals surface area contributed by atoms with E-state index in [1.807, 2.05) is 18.2 Å². The van der Waals surface area contributed by atoms with Crippen molar-refractivity contribution < 1.29 is 9.53 Å². The summed E-state index contributed by atoms with van der Waals surface area (Å²) in [7, 11) is 1.67. The van der Waals surface area contributed by atoms with Crippen LogP contribution in [0.1, 0.15) is 36.4 Å². The first kappa shape index (κ1) is 19.2. The summed E-state index contributed by atoms with van der Waals surface area (Å²) in [5.41, 5.74) is 2.23. The highest BCUT2D eigenvalue weighted by atomic mass is 35.5. The molecule has 0 aromatic heterocycles. The number of benzene rings is 2. The maximum absolute atomic E-state index is 12.3. The van der Waals surface area contributed by atoms with Crippen molar-refractivity contribution in [3.05, 3.63) is 58.6 Å². The van der Waals surface area contributed by atoms with E-state index in [0.29, 0.717) is 35.3 Å². The van der Waals surface area contributed by atoms with E-state index in [0.717, 1.165) is 25.1 Å². The average Bonchev–Trinajstić information content (AvgIpc) is 3.15. The van der Waals surface area contributed by atoms with Crippen LogP contribution in [-0.2, 0) is 4.79 Å². The third kappa shape index (κ3) is 4.79. The van der Waals surface area contributed by atoms with Gasteiger partial charge >= 0.3 is 0 Å². The molecule has 0 saturated carbocycles. The van der Waals surface area contributed by atoms with Gasteiger partial charge in [-0.25, -0.2) is 0 Å². The van der Waals surface area contributed by atoms with Gasteiger partial charge in [-0.2, -0.15) is 5.26 Å². The predicted molar refractivity (Wildman–Crippen MR) is 106 cm³/mol. The van der Waals surface area contributed by atoms with Crippen molar-refractivity contribution in [3.8, 4) is 11.8 Å².